The number of hydrogen-bond acceptors (Lipinski definition) is 4. The second kappa shape index (κ2) is 14.0. The predicted octanol–water partition coefficient (Wildman–Crippen LogP) is 5.19. The number of anilines is 1. The Bertz CT molecular complexity index is 1380. The van der Waals surface area contributed by atoms with Crippen LogP contribution < -0.4 is 9.62 Å². The normalized spacial score (nSPS) is 12.0. The number of carbonyl (C=O) groups is 2. The molecule has 0 bridgehead atoms. The van der Waals surface area contributed by atoms with E-state index in [1.165, 1.54) is 53.4 Å². The molecule has 0 fully saturated rings. The first-order valence-corrected chi connectivity index (χ1v) is 14.7. The maximum absolute atomic E-state index is 13.9. The number of amides is 2. The Hall–Kier alpha value is -3.79. The van der Waals surface area contributed by atoms with Gasteiger partial charge in [-0.25, -0.2) is 17.2 Å². The topological polar surface area (TPSA) is 86.8 Å². The summed E-state index contributed by atoms with van der Waals surface area (Å²) < 4.78 is 55.8. The maximum atomic E-state index is 13.9. The molecule has 0 unspecified atom stereocenters. The van der Waals surface area contributed by atoms with E-state index in [1.54, 1.807) is 19.1 Å². The molecule has 1 N–H and O–H groups in total. The van der Waals surface area contributed by atoms with Crippen LogP contribution in [-0.2, 0) is 26.2 Å². The molecule has 3 aromatic rings. The largest absolute Gasteiger partial charge is 0.354 e. The molecule has 0 aliphatic carbocycles. The van der Waals surface area contributed by atoms with Crippen molar-refractivity contribution in [1.82, 2.24) is 10.2 Å². The lowest BCUT2D eigenvalue weighted by Crippen LogP contribution is -2.52. The summed E-state index contributed by atoms with van der Waals surface area (Å²) in [5, 5.41) is 2.85. The van der Waals surface area contributed by atoms with Crippen molar-refractivity contribution in [2.75, 3.05) is 17.4 Å². The average molecular weight is 572 g/mol. The van der Waals surface area contributed by atoms with E-state index in [9.17, 15) is 26.8 Å². The van der Waals surface area contributed by atoms with Gasteiger partial charge in [-0.1, -0.05) is 50.1 Å². The lowest BCUT2D eigenvalue weighted by molar-refractivity contribution is -0.140. The minimum atomic E-state index is -4.25. The van der Waals surface area contributed by atoms with Gasteiger partial charge in [0.15, 0.2) is 0 Å². The van der Waals surface area contributed by atoms with E-state index in [0.717, 1.165) is 34.8 Å². The Kier molecular flexibility index (Phi) is 10.8. The molecule has 7 nitrogen and oxygen atoms in total. The van der Waals surface area contributed by atoms with Gasteiger partial charge >= 0.3 is 0 Å². The fourth-order valence-corrected chi connectivity index (χ4v) is 5.60. The third kappa shape index (κ3) is 7.88. The SMILES string of the molecule is CCCCNC(=O)[C@@H](CC)N(Cc1ccc(F)cc1)C(=O)CN(c1ccc(F)cc1)S(=O)(=O)c1ccc(C)cc1. The molecule has 0 heterocycles. The minimum absolute atomic E-state index is 0.0374. The molecule has 40 heavy (non-hydrogen) atoms. The van der Waals surface area contributed by atoms with Crippen LogP contribution in [0.15, 0.2) is 77.7 Å². The van der Waals surface area contributed by atoms with Crippen molar-refractivity contribution in [1.29, 1.82) is 0 Å². The molecule has 3 aromatic carbocycles. The Morgan fingerprint density at radius 2 is 1.45 bits per heavy atom. The van der Waals surface area contributed by atoms with Gasteiger partial charge in [0.25, 0.3) is 10.0 Å². The van der Waals surface area contributed by atoms with Crippen LogP contribution in [0.25, 0.3) is 0 Å². The van der Waals surface area contributed by atoms with Gasteiger partial charge in [0.2, 0.25) is 11.8 Å². The van der Waals surface area contributed by atoms with Crippen LogP contribution in [-0.4, -0.2) is 44.3 Å². The number of hydrogen-bond donors (Lipinski definition) is 1. The van der Waals surface area contributed by atoms with Gasteiger partial charge in [0.05, 0.1) is 10.6 Å². The van der Waals surface area contributed by atoms with Crippen LogP contribution in [0.5, 0.6) is 0 Å². The predicted molar refractivity (Wildman–Crippen MR) is 151 cm³/mol. The number of unbranched alkanes of at least 4 members (excludes halogenated alkanes) is 1. The number of carbonyl (C=O) groups excluding carboxylic acids is 2. The third-order valence-electron chi connectivity index (χ3n) is 6.48. The maximum Gasteiger partial charge on any atom is 0.264 e. The summed E-state index contributed by atoms with van der Waals surface area (Å²) >= 11 is 0. The van der Waals surface area contributed by atoms with E-state index in [0.29, 0.717) is 12.1 Å². The van der Waals surface area contributed by atoms with Crippen molar-refractivity contribution in [3.63, 3.8) is 0 Å². The van der Waals surface area contributed by atoms with Crippen molar-refractivity contribution in [3.8, 4) is 0 Å². The third-order valence-corrected chi connectivity index (χ3v) is 8.27. The fourth-order valence-electron chi connectivity index (χ4n) is 4.19. The molecule has 3 rings (SSSR count). The highest BCUT2D eigenvalue weighted by atomic mass is 32.2. The number of nitrogens with one attached hydrogen (secondary N) is 1. The lowest BCUT2D eigenvalue weighted by atomic mass is 10.1. The molecule has 0 radical (unpaired) electrons. The molecular weight excluding hydrogens is 536 g/mol. The molecule has 214 valence electrons. The zero-order valence-corrected chi connectivity index (χ0v) is 23.8. The standard InChI is InChI=1S/C30H35F2N3O4S/c1-4-6-19-33-30(37)28(5-2)34(20-23-9-11-24(31)12-10-23)29(36)21-35(26-15-13-25(32)14-16-26)40(38,39)27-17-7-22(3)8-18-27/h7-18,28H,4-6,19-21H2,1-3H3,(H,33,37)/t28-/m1/s1. The molecule has 0 aliphatic heterocycles. The minimum Gasteiger partial charge on any atom is -0.354 e. The first kappa shape index (κ1) is 30.7. The molecule has 1 atom stereocenters. The van der Waals surface area contributed by atoms with Gasteiger partial charge in [0.1, 0.15) is 24.2 Å². The Labute approximate surface area is 234 Å². The smallest absolute Gasteiger partial charge is 0.264 e. The van der Waals surface area contributed by atoms with Crippen LogP contribution in [0.1, 0.15) is 44.2 Å². The van der Waals surface area contributed by atoms with Crippen LogP contribution >= 0.6 is 0 Å². The molecule has 0 spiro atoms. The van der Waals surface area contributed by atoms with Gasteiger partial charge in [-0.05, 0) is 73.9 Å². The first-order valence-electron chi connectivity index (χ1n) is 13.2. The molecule has 10 heteroatoms. The molecule has 2 amide bonds. The van der Waals surface area contributed by atoms with Crippen molar-refractivity contribution in [2.24, 2.45) is 0 Å². The van der Waals surface area contributed by atoms with Crippen LogP contribution in [0.4, 0.5) is 14.5 Å². The van der Waals surface area contributed by atoms with Crippen molar-refractivity contribution < 1.29 is 26.8 Å². The van der Waals surface area contributed by atoms with Crippen LogP contribution in [0.3, 0.4) is 0 Å². The quantitative estimate of drug-likeness (QED) is 0.286. The van der Waals surface area contributed by atoms with Gasteiger partial charge in [-0.3, -0.25) is 13.9 Å². The molecule has 0 aromatic heterocycles. The second-order valence-electron chi connectivity index (χ2n) is 9.52. The van der Waals surface area contributed by atoms with Crippen LogP contribution in [0.2, 0.25) is 0 Å². The van der Waals surface area contributed by atoms with Gasteiger partial charge in [0, 0.05) is 13.1 Å². The molecule has 0 aliphatic rings. The number of aryl methyl sites for hydroxylation is 1. The summed E-state index contributed by atoms with van der Waals surface area (Å²) in [6.45, 7) is 5.33. The lowest BCUT2D eigenvalue weighted by Gasteiger charge is -2.33. The second-order valence-corrected chi connectivity index (χ2v) is 11.4. The number of rotatable bonds is 13. The summed E-state index contributed by atoms with van der Waals surface area (Å²) in [4.78, 5) is 28.3. The monoisotopic (exact) mass is 571 g/mol. The van der Waals surface area contributed by atoms with Crippen molar-refractivity contribution >= 4 is 27.5 Å². The summed E-state index contributed by atoms with van der Waals surface area (Å²) in [7, 11) is -4.25. The van der Waals surface area contributed by atoms with Gasteiger partial charge in [-0.15, -0.1) is 0 Å². The zero-order chi connectivity index (χ0) is 29.3. The summed E-state index contributed by atoms with van der Waals surface area (Å²) in [6, 6.07) is 15.6. The highest BCUT2D eigenvalue weighted by molar-refractivity contribution is 7.92. The number of sulfonamides is 1. The van der Waals surface area contributed by atoms with E-state index in [1.807, 2.05) is 13.8 Å². The number of benzene rings is 3. The van der Waals surface area contributed by atoms with Crippen molar-refractivity contribution in [2.45, 2.75) is 57.5 Å². The van der Waals surface area contributed by atoms with E-state index in [2.05, 4.69) is 5.32 Å². The molecule has 0 saturated carbocycles. The summed E-state index contributed by atoms with van der Waals surface area (Å²) in [5.41, 5.74) is 1.52. The number of halogens is 2. The Morgan fingerprint density at radius 3 is 2.00 bits per heavy atom. The average Bonchev–Trinajstić information content (AvgIpc) is 2.93. The highest BCUT2D eigenvalue weighted by Crippen LogP contribution is 2.25. The van der Waals surface area contributed by atoms with E-state index in [4.69, 9.17) is 0 Å². The number of nitrogens with zero attached hydrogens (tertiary/aromatic N) is 2. The van der Waals surface area contributed by atoms with E-state index >= 15 is 0 Å². The van der Waals surface area contributed by atoms with Gasteiger partial charge < -0.3 is 10.2 Å². The highest BCUT2D eigenvalue weighted by Gasteiger charge is 2.33. The first-order chi connectivity index (χ1) is 19.1. The molecular formula is C30H35F2N3O4S. The van der Waals surface area contributed by atoms with Crippen molar-refractivity contribution in [3.05, 3.63) is 95.6 Å². The van der Waals surface area contributed by atoms with E-state index < -0.39 is 40.2 Å². The summed E-state index contributed by atoms with van der Waals surface area (Å²) in [6.07, 6.45) is 1.91. The Balaban J connectivity index is 2.02. The fraction of sp³-hybridized carbons (Fsp3) is 0.333. The van der Waals surface area contributed by atoms with Gasteiger partial charge in [-0.2, -0.15) is 0 Å². The molecule has 0 saturated heterocycles. The van der Waals surface area contributed by atoms with Crippen LogP contribution in [0, 0.1) is 18.6 Å². The zero-order valence-electron chi connectivity index (χ0n) is 22.9. The summed E-state index contributed by atoms with van der Waals surface area (Å²) in [5.74, 6) is -2.00. The Morgan fingerprint density at radius 1 is 0.875 bits per heavy atom. The van der Waals surface area contributed by atoms with E-state index in [-0.39, 0.29) is 29.5 Å².